The van der Waals surface area contributed by atoms with Crippen molar-refractivity contribution in [2.24, 2.45) is 0 Å². The molecule has 0 aromatic heterocycles. The van der Waals surface area contributed by atoms with Crippen LogP contribution in [0.3, 0.4) is 0 Å². The summed E-state index contributed by atoms with van der Waals surface area (Å²) in [7, 11) is 0. The topological polar surface area (TPSA) is 254 Å². The van der Waals surface area contributed by atoms with E-state index >= 15 is 0 Å². The third-order valence-electron chi connectivity index (χ3n) is 5.12. The van der Waals surface area contributed by atoms with Crippen molar-refractivity contribution in [2.45, 2.75) is 52.4 Å². The second-order valence-electron chi connectivity index (χ2n) is 9.75. The molecule has 52 heavy (non-hydrogen) atoms. The van der Waals surface area contributed by atoms with E-state index in [2.05, 4.69) is 23.3 Å². The maximum absolute atomic E-state index is 8.40. The molecule has 0 aromatic carbocycles. The predicted molar refractivity (Wildman–Crippen MR) is 194 cm³/mol. The monoisotopic (exact) mass is 775 g/mol. The molecule has 0 spiro atoms. The van der Waals surface area contributed by atoms with Gasteiger partial charge in [0.2, 0.25) is 0 Å². The van der Waals surface area contributed by atoms with Crippen LogP contribution in [0.4, 0.5) is 0 Å². The van der Waals surface area contributed by atoms with Gasteiger partial charge in [0.05, 0.1) is 145 Å². The van der Waals surface area contributed by atoms with Crippen LogP contribution >= 0.6 is 0 Å². The fraction of sp³-hybridized carbons (Fsp3) is 1.00. The molecule has 0 aliphatic heterocycles. The number of ether oxygens (including phenoxy) is 8. The molecule has 0 rings (SSSR count). The molecule has 0 atom stereocenters. The fourth-order valence-corrected chi connectivity index (χ4v) is 2.75. The van der Waals surface area contributed by atoms with Gasteiger partial charge in [0.15, 0.2) is 0 Å². The van der Waals surface area contributed by atoms with Gasteiger partial charge < -0.3 is 78.7 Å². The Balaban J connectivity index is -0.000000182. The van der Waals surface area contributed by atoms with Gasteiger partial charge in [0.25, 0.3) is 0 Å². The summed E-state index contributed by atoms with van der Waals surface area (Å²) in [6.45, 7) is 12.9. The average molecular weight is 775 g/mol. The lowest BCUT2D eigenvalue weighted by Crippen LogP contribution is -2.11. The van der Waals surface area contributed by atoms with Crippen LogP contribution in [0.25, 0.3) is 0 Å². The molecule has 18 heteroatoms. The summed E-state index contributed by atoms with van der Waals surface area (Å²) in [5.41, 5.74) is 0. The highest BCUT2D eigenvalue weighted by Gasteiger charge is 1.92. The molecule has 0 fully saturated rings. The summed E-state index contributed by atoms with van der Waals surface area (Å²) in [5, 5.41) is 65.8. The zero-order valence-electron chi connectivity index (χ0n) is 32.3. The van der Waals surface area contributed by atoms with Gasteiger partial charge in [-0.2, -0.15) is 0 Å². The maximum atomic E-state index is 8.40. The molecule has 0 aliphatic rings. The van der Waals surface area contributed by atoms with Gasteiger partial charge in [-0.25, -0.2) is 9.78 Å². The van der Waals surface area contributed by atoms with Crippen molar-refractivity contribution < 1.29 is 88.5 Å². The lowest BCUT2D eigenvalue weighted by atomic mass is 10.2. The summed E-state index contributed by atoms with van der Waals surface area (Å²) < 4.78 is 39.6. The van der Waals surface area contributed by atoms with Crippen molar-refractivity contribution in [2.75, 3.05) is 172 Å². The van der Waals surface area contributed by atoms with Crippen LogP contribution in [0.5, 0.6) is 0 Å². The van der Waals surface area contributed by atoms with Gasteiger partial charge >= 0.3 is 0 Å². The van der Waals surface area contributed by atoms with Gasteiger partial charge in [0, 0.05) is 13.2 Å². The molecule has 0 saturated heterocycles. The maximum Gasteiger partial charge on any atom is 0.106 e. The van der Waals surface area contributed by atoms with Gasteiger partial charge in [-0.05, 0) is 12.8 Å². The van der Waals surface area contributed by atoms with E-state index in [9.17, 15) is 0 Å². The number of aliphatic hydroxyl groups is 8. The Kier molecular flexibility index (Phi) is 83.4. The smallest absolute Gasteiger partial charge is 0.106 e. The van der Waals surface area contributed by atoms with E-state index in [-0.39, 0.29) is 52.9 Å². The largest absolute Gasteiger partial charge is 0.394 e. The molecule has 0 bridgehead atoms. The van der Waals surface area contributed by atoms with Crippen molar-refractivity contribution >= 4 is 0 Å². The number of unbranched alkanes of at least 4 members (excludes halogenated alkanes) is 4. The molecule has 322 valence electrons. The van der Waals surface area contributed by atoms with E-state index in [0.29, 0.717) is 106 Å². The third-order valence-corrected chi connectivity index (χ3v) is 5.12. The van der Waals surface area contributed by atoms with Crippen LogP contribution in [-0.4, -0.2) is 213 Å². The van der Waals surface area contributed by atoms with Crippen LogP contribution in [0.1, 0.15) is 52.4 Å². The van der Waals surface area contributed by atoms with Gasteiger partial charge in [0.1, 0.15) is 13.2 Å². The Morgan fingerprint density at radius 2 is 0.462 bits per heavy atom. The predicted octanol–water partition coefficient (Wildman–Crippen LogP) is -0.668. The normalized spacial score (nSPS) is 10.3. The van der Waals surface area contributed by atoms with Gasteiger partial charge in [-0.3, -0.25) is 0 Å². The minimum atomic E-state index is 0.00978. The SMILES string of the molecule is CCCCCCOCCOCCO.CCCCOCCOCCO.OCCOCCO.OCCOCCO.OCCOCCOOCCOCCO. The first-order chi connectivity index (χ1) is 25.6. The quantitative estimate of drug-likeness (QED) is 0.0221. The van der Waals surface area contributed by atoms with Crippen molar-refractivity contribution in [1.82, 2.24) is 0 Å². The number of hydrogen-bond acceptors (Lipinski definition) is 18. The summed E-state index contributed by atoms with van der Waals surface area (Å²) >= 11 is 0. The molecular formula is C34H78O18. The molecule has 0 unspecified atom stereocenters. The highest BCUT2D eigenvalue weighted by atomic mass is 17.2. The molecule has 8 N–H and O–H groups in total. The molecule has 0 heterocycles. The summed E-state index contributed by atoms with van der Waals surface area (Å²) in [4.78, 5) is 9.42. The first-order valence-electron chi connectivity index (χ1n) is 18.3. The minimum Gasteiger partial charge on any atom is -0.394 e. The minimum absolute atomic E-state index is 0.00978. The van der Waals surface area contributed by atoms with Crippen LogP contribution in [0, 0.1) is 0 Å². The number of hydrogen-bond donors (Lipinski definition) is 8. The van der Waals surface area contributed by atoms with Crippen LogP contribution in [-0.2, 0) is 47.7 Å². The molecule has 0 aromatic rings. The van der Waals surface area contributed by atoms with Gasteiger partial charge in [-0.1, -0.05) is 39.5 Å². The summed E-state index contributed by atoms with van der Waals surface area (Å²) in [5.74, 6) is 0. The van der Waals surface area contributed by atoms with Crippen molar-refractivity contribution in [3.8, 4) is 0 Å². The van der Waals surface area contributed by atoms with E-state index in [1.807, 2.05) is 0 Å². The van der Waals surface area contributed by atoms with Crippen LogP contribution < -0.4 is 0 Å². The number of rotatable bonds is 37. The molecule has 0 saturated carbocycles. The molecular weight excluding hydrogens is 696 g/mol. The third kappa shape index (κ3) is 87.3. The molecule has 0 radical (unpaired) electrons. The summed E-state index contributed by atoms with van der Waals surface area (Å²) in [6.07, 6.45) is 7.24. The number of aliphatic hydroxyl groups excluding tert-OH is 8. The Hall–Kier alpha value is -0.720. The van der Waals surface area contributed by atoms with Crippen LogP contribution in [0.2, 0.25) is 0 Å². The second-order valence-corrected chi connectivity index (χ2v) is 9.75. The lowest BCUT2D eigenvalue weighted by molar-refractivity contribution is -0.303. The van der Waals surface area contributed by atoms with Crippen molar-refractivity contribution in [3.05, 3.63) is 0 Å². The molecule has 0 amide bonds. The fourth-order valence-electron chi connectivity index (χ4n) is 2.75. The first kappa shape index (κ1) is 60.5. The van der Waals surface area contributed by atoms with Crippen LogP contribution in [0.15, 0.2) is 0 Å². The average Bonchev–Trinajstić information content (AvgIpc) is 3.16. The Bertz CT molecular complexity index is 453. The second kappa shape index (κ2) is 71.7. The molecule has 18 nitrogen and oxygen atoms in total. The molecule has 0 aliphatic carbocycles. The van der Waals surface area contributed by atoms with Gasteiger partial charge in [-0.15, -0.1) is 0 Å². The Morgan fingerprint density at radius 1 is 0.231 bits per heavy atom. The zero-order chi connectivity index (χ0) is 39.7. The highest BCUT2D eigenvalue weighted by molar-refractivity contribution is 4.39. The summed E-state index contributed by atoms with van der Waals surface area (Å²) in [6, 6.07) is 0. The lowest BCUT2D eigenvalue weighted by Gasteiger charge is -2.04. The van der Waals surface area contributed by atoms with E-state index in [1.165, 1.54) is 19.3 Å². The first-order valence-corrected chi connectivity index (χ1v) is 18.3. The highest BCUT2D eigenvalue weighted by Crippen LogP contribution is 1.98. The van der Waals surface area contributed by atoms with E-state index in [4.69, 9.17) is 79.0 Å². The van der Waals surface area contributed by atoms with Crippen molar-refractivity contribution in [3.63, 3.8) is 0 Å². The van der Waals surface area contributed by atoms with Crippen molar-refractivity contribution in [1.29, 1.82) is 0 Å². The van der Waals surface area contributed by atoms with E-state index < -0.39 is 0 Å². The van der Waals surface area contributed by atoms with E-state index in [1.54, 1.807) is 0 Å². The van der Waals surface area contributed by atoms with E-state index in [0.717, 1.165) is 32.5 Å². The zero-order valence-corrected chi connectivity index (χ0v) is 32.3. The standard InChI is InChI=1S/C10H22O3.C8H18O6.C8H18O3.2C4H10O3/c1-2-3-4-5-7-12-9-10-13-8-6-11;9-1-3-11-5-7-13-14-8-6-12-4-2-10;1-2-3-5-10-7-8-11-6-4-9;2*5-1-3-7-4-2-6/h11H,2-10H2,1H3;9-10H,1-8H2;9H,2-8H2,1H3;2*5-6H,1-4H2. The Morgan fingerprint density at radius 3 is 0.731 bits per heavy atom. The Labute approximate surface area is 312 Å².